The van der Waals surface area contributed by atoms with E-state index in [0.29, 0.717) is 12.1 Å². The molecule has 0 radical (unpaired) electrons. The maximum Gasteiger partial charge on any atom is 0.0946 e. The lowest BCUT2D eigenvalue weighted by Crippen LogP contribution is -2.46. The number of hydrogen-bond acceptors (Lipinski definition) is 3. The molecule has 0 amide bonds. The molecule has 1 atom stereocenters. The van der Waals surface area contributed by atoms with Crippen LogP contribution in [-0.2, 0) is 6.54 Å². The van der Waals surface area contributed by atoms with Crippen molar-refractivity contribution >= 4 is 0 Å². The Bertz CT molecular complexity index is 371. The van der Waals surface area contributed by atoms with Gasteiger partial charge in [-0.1, -0.05) is 5.92 Å². The molecule has 4 heteroatoms. The van der Waals surface area contributed by atoms with E-state index in [1.807, 2.05) is 18.7 Å². The van der Waals surface area contributed by atoms with E-state index in [1.54, 1.807) is 0 Å². The lowest BCUT2D eigenvalue weighted by Gasteiger charge is -2.33. The molecular formula is C14H22N4. The molecule has 0 aromatic carbocycles. The van der Waals surface area contributed by atoms with Gasteiger partial charge in [0, 0.05) is 44.1 Å². The van der Waals surface area contributed by atoms with Crippen LogP contribution in [0.2, 0.25) is 0 Å². The summed E-state index contributed by atoms with van der Waals surface area (Å²) < 4.78 is 2.12. The lowest BCUT2D eigenvalue weighted by atomic mass is 10.0. The van der Waals surface area contributed by atoms with Crippen molar-refractivity contribution in [2.24, 2.45) is 0 Å². The minimum atomic E-state index is 0.475. The molecule has 98 valence electrons. The number of aromatic nitrogens is 2. The number of rotatable bonds is 5. The van der Waals surface area contributed by atoms with Crippen LogP contribution in [0.25, 0.3) is 0 Å². The van der Waals surface area contributed by atoms with Crippen molar-refractivity contribution in [2.45, 2.75) is 38.4 Å². The van der Waals surface area contributed by atoms with Crippen LogP contribution in [0.3, 0.4) is 0 Å². The van der Waals surface area contributed by atoms with E-state index in [-0.39, 0.29) is 0 Å². The second-order valence-corrected chi connectivity index (χ2v) is 5.08. The zero-order valence-corrected chi connectivity index (χ0v) is 11.0. The van der Waals surface area contributed by atoms with E-state index >= 15 is 0 Å². The zero-order valence-electron chi connectivity index (χ0n) is 11.0. The average molecular weight is 246 g/mol. The molecule has 0 saturated carbocycles. The van der Waals surface area contributed by atoms with Crippen molar-refractivity contribution < 1.29 is 0 Å². The predicted molar refractivity (Wildman–Crippen MR) is 73.1 cm³/mol. The fraction of sp³-hybridized carbons (Fsp3) is 0.643. The third kappa shape index (κ3) is 3.86. The highest BCUT2D eigenvalue weighted by atomic mass is 15.1. The summed E-state index contributed by atoms with van der Waals surface area (Å²) in [6.45, 7) is 6.22. The van der Waals surface area contributed by atoms with Gasteiger partial charge in [0.05, 0.1) is 12.9 Å². The maximum absolute atomic E-state index is 5.33. The average Bonchev–Trinajstić information content (AvgIpc) is 2.84. The summed E-state index contributed by atoms with van der Waals surface area (Å²) >= 11 is 0. The summed E-state index contributed by atoms with van der Waals surface area (Å²) in [7, 11) is 0. The third-order valence-electron chi connectivity index (χ3n) is 3.47. The van der Waals surface area contributed by atoms with Crippen LogP contribution >= 0.6 is 0 Å². The second-order valence-electron chi connectivity index (χ2n) is 5.08. The highest BCUT2D eigenvalue weighted by Gasteiger charge is 2.19. The molecule has 0 aliphatic carbocycles. The van der Waals surface area contributed by atoms with Crippen molar-refractivity contribution in [1.82, 2.24) is 19.8 Å². The highest BCUT2D eigenvalue weighted by molar-refractivity contribution is 4.90. The van der Waals surface area contributed by atoms with Crippen molar-refractivity contribution in [1.29, 1.82) is 0 Å². The summed E-state index contributed by atoms with van der Waals surface area (Å²) in [6.07, 6.45) is 13.4. The van der Waals surface area contributed by atoms with Gasteiger partial charge in [0.25, 0.3) is 0 Å². The monoisotopic (exact) mass is 246 g/mol. The van der Waals surface area contributed by atoms with Crippen LogP contribution in [0.1, 0.15) is 19.8 Å². The van der Waals surface area contributed by atoms with E-state index in [0.717, 1.165) is 26.2 Å². The molecule has 1 N–H and O–H groups in total. The number of nitrogens with zero attached hydrogens (tertiary/aromatic N) is 3. The Morgan fingerprint density at radius 2 is 2.28 bits per heavy atom. The van der Waals surface area contributed by atoms with E-state index in [1.165, 1.54) is 12.8 Å². The quantitative estimate of drug-likeness (QED) is 0.786. The largest absolute Gasteiger partial charge is 0.336 e. The molecule has 0 spiro atoms. The summed E-state index contributed by atoms with van der Waals surface area (Å²) in [5.41, 5.74) is 0. The van der Waals surface area contributed by atoms with Gasteiger partial charge in [0.1, 0.15) is 0 Å². The molecule has 1 aliphatic heterocycles. The Balaban J connectivity index is 1.69. The lowest BCUT2D eigenvalue weighted by molar-refractivity contribution is 0.208. The molecule has 1 fully saturated rings. The Hall–Kier alpha value is -1.31. The highest BCUT2D eigenvalue weighted by Crippen LogP contribution is 2.10. The summed E-state index contributed by atoms with van der Waals surface area (Å²) in [6, 6.07) is 1.10. The van der Waals surface area contributed by atoms with Crippen molar-refractivity contribution in [2.75, 3.05) is 19.6 Å². The molecule has 1 saturated heterocycles. The van der Waals surface area contributed by atoms with Crippen LogP contribution in [0.4, 0.5) is 0 Å². The van der Waals surface area contributed by atoms with E-state index in [9.17, 15) is 0 Å². The maximum atomic E-state index is 5.33. The third-order valence-corrected chi connectivity index (χ3v) is 3.47. The number of imidazole rings is 1. The number of piperidine rings is 1. The summed E-state index contributed by atoms with van der Waals surface area (Å²) in [5.74, 6) is 2.72. The van der Waals surface area contributed by atoms with Crippen LogP contribution in [0.5, 0.6) is 0 Å². The topological polar surface area (TPSA) is 33.1 Å². The Morgan fingerprint density at radius 1 is 1.50 bits per heavy atom. The van der Waals surface area contributed by atoms with Gasteiger partial charge in [0.2, 0.25) is 0 Å². The molecule has 1 aliphatic rings. The van der Waals surface area contributed by atoms with E-state index < -0.39 is 0 Å². The number of terminal acetylenes is 1. The summed E-state index contributed by atoms with van der Waals surface area (Å²) in [5, 5.41) is 3.69. The van der Waals surface area contributed by atoms with Gasteiger partial charge in [-0.25, -0.2) is 4.98 Å². The van der Waals surface area contributed by atoms with Gasteiger partial charge in [-0.15, -0.1) is 6.42 Å². The molecule has 2 heterocycles. The van der Waals surface area contributed by atoms with Crippen LogP contribution in [0.15, 0.2) is 18.7 Å². The van der Waals surface area contributed by atoms with Gasteiger partial charge in [-0.3, -0.25) is 4.90 Å². The molecule has 1 aromatic rings. The number of likely N-dealkylation sites (tertiary alicyclic amines) is 1. The van der Waals surface area contributed by atoms with Crippen LogP contribution < -0.4 is 5.32 Å². The van der Waals surface area contributed by atoms with E-state index in [2.05, 4.69) is 32.6 Å². The second kappa shape index (κ2) is 6.58. The van der Waals surface area contributed by atoms with E-state index in [4.69, 9.17) is 6.42 Å². The first kappa shape index (κ1) is 13.1. The summed E-state index contributed by atoms with van der Waals surface area (Å²) in [4.78, 5) is 6.41. The standard InChI is InChI=1S/C14H22N4/c1-3-7-17-8-4-14(5-9-17)16-13(2)11-18-10-6-15-12-18/h1,6,10,12-14,16H,4-5,7-9,11H2,2H3. The van der Waals surface area contributed by atoms with Crippen molar-refractivity contribution in [3.05, 3.63) is 18.7 Å². The molecule has 18 heavy (non-hydrogen) atoms. The van der Waals surface area contributed by atoms with Crippen molar-refractivity contribution in [3.63, 3.8) is 0 Å². The SMILES string of the molecule is C#CCN1CCC(NC(C)Cn2ccnc2)CC1. The number of hydrogen-bond donors (Lipinski definition) is 1. The van der Waals surface area contributed by atoms with Gasteiger partial charge < -0.3 is 9.88 Å². The molecule has 1 aromatic heterocycles. The fourth-order valence-corrected chi connectivity index (χ4v) is 2.55. The molecule has 4 nitrogen and oxygen atoms in total. The van der Waals surface area contributed by atoms with Crippen LogP contribution in [0, 0.1) is 12.3 Å². The fourth-order valence-electron chi connectivity index (χ4n) is 2.55. The van der Waals surface area contributed by atoms with Crippen LogP contribution in [-0.4, -0.2) is 46.2 Å². The number of nitrogens with one attached hydrogen (secondary N) is 1. The smallest absolute Gasteiger partial charge is 0.0946 e. The van der Waals surface area contributed by atoms with Gasteiger partial charge in [0.15, 0.2) is 0 Å². The molecule has 2 rings (SSSR count). The van der Waals surface area contributed by atoms with Gasteiger partial charge in [-0.2, -0.15) is 0 Å². The molecule has 0 bridgehead atoms. The Labute approximate surface area is 109 Å². The normalized spacial score (nSPS) is 19.6. The Kier molecular flexibility index (Phi) is 4.80. The van der Waals surface area contributed by atoms with Gasteiger partial charge in [-0.05, 0) is 19.8 Å². The first-order valence-corrected chi connectivity index (χ1v) is 6.65. The van der Waals surface area contributed by atoms with Gasteiger partial charge >= 0.3 is 0 Å². The Morgan fingerprint density at radius 3 is 2.89 bits per heavy atom. The molecular weight excluding hydrogens is 224 g/mol. The van der Waals surface area contributed by atoms with Crippen molar-refractivity contribution in [3.8, 4) is 12.3 Å². The first-order valence-electron chi connectivity index (χ1n) is 6.65. The minimum absolute atomic E-state index is 0.475. The predicted octanol–water partition coefficient (Wildman–Crippen LogP) is 0.959. The first-order chi connectivity index (χ1) is 8.78. The minimum Gasteiger partial charge on any atom is -0.336 e. The zero-order chi connectivity index (χ0) is 12.8. The molecule has 1 unspecified atom stereocenters.